The fourth-order valence-electron chi connectivity index (χ4n) is 1.87. The van der Waals surface area contributed by atoms with Crippen LogP contribution in [0.2, 0.25) is 0 Å². The van der Waals surface area contributed by atoms with E-state index in [1.807, 2.05) is 0 Å². The number of carbonyl (C=O) groups is 1. The smallest absolute Gasteiger partial charge is 0.417 e. The van der Waals surface area contributed by atoms with Crippen molar-refractivity contribution in [3.63, 3.8) is 0 Å². The predicted octanol–water partition coefficient (Wildman–Crippen LogP) is 1.74. The Morgan fingerprint density at radius 2 is 2.08 bits per heavy atom. The van der Waals surface area contributed by atoms with Gasteiger partial charge in [0.1, 0.15) is 17.3 Å². The Balaban J connectivity index is 2.06. The molecule has 0 spiro atoms. The van der Waals surface area contributed by atoms with Crippen LogP contribution in [0.25, 0.3) is 0 Å². The number of oxime groups is 1. The number of pyridine rings is 1. The number of nitrogens with zero attached hydrogens (tertiary/aromatic N) is 2. The fourth-order valence-corrected chi connectivity index (χ4v) is 3.07. The Hall–Kier alpha value is -2.89. The van der Waals surface area contributed by atoms with Crippen LogP contribution in [0.15, 0.2) is 46.4 Å². The van der Waals surface area contributed by atoms with Crippen molar-refractivity contribution in [3.05, 3.63) is 53.7 Å². The molecule has 0 aliphatic carbocycles. The van der Waals surface area contributed by atoms with Gasteiger partial charge in [-0.15, -0.1) is 0 Å². The van der Waals surface area contributed by atoms with Crippen molar-refractivity contribution >= 4 is 21.6 Å². The van der Waals surface area contributed by atoms with E-state index in [0.29, 0.717) is 12.3 Å². The molecular weight excluding hydrogens is 379 g/mol. The summed E-state index contributed by atoms with van der Waals surface area (Å²) in [5.74, 6) is -3.16. The maximum Gasteiger partial charge on any atom is 0.417 e. The summed E-state index contributed by atoms with van der Waals surface area (Å²) >= 11 is 0. The van der Waals surface area contributed by atoms with E-state index in [9.17, 15) is 26.4 Å². The minimum Gasteiger partial charge on any atom is -0.468 e. The van der Waals surface area contributed by atoms with Gasteiger partial charge in [-0.1, -0.05) is 5.16 Å². The van der Waals surface area contributed by atoms with Gasteiger partial charge < -0.3 is 15.0 Å². The summed E-state index contributed by atoms with van der Waals surface area (Å²) in [7, 11) is -3.78. The second kappa shape index (κ2) is 7.56. The highest BCUT2D eigenvalue weighted by Crippen LogP contribution is 2.31. The largest absolute Gasteiger partial charge is 0.468 e. The van der Waals surface area contributed by atoms with Gasteiger partial charge >= 0.3 is 12.1 Å². The van der Waals surface area contributed by atoms with Gasteiger partial charge in [0.05, 0.1) is 17.4 Å². The molecule has 0 saturated carbocycles. The Morgan fingerprint density at radius 3 is 2.69 bits per heavy atom. The molecule has 2 rings (SSSR count). The van der Waals surface area contributed by atoms with Crippen molar-refractivity contribution in [3.8, 4) is 0 Å². The number of alkyl halides is 3. The lowest BCUT2D eigenvalue weighted by Gasteiger charge is -2.09. The third-order valence-electron chi connectivity index (χ3n) is 2.90. The first-order chi connectivity index (χ1) is 12.1. The maximum atomic E-state index is 12.8. The van der Waals surface area contributed by atoms with Crippen molar-refractivity contribution in [2.45, 2.75) is 11.9 Å². The minimum atomic E-state index is -4.81. The Bertz CT molecular complexity index is 908. The molecule has 2 aromatic heterocycles. The molecule has 0 aliphatic rings. The number of hydrogen-bond donors (Lipinski definition) is 1. The van der Waals surface area contributed by atoms with E-state index in [1.54, 1.807) is 0 Å². The zero-order chi connectivity index (χ0) is 19.4. The summed E-state index contributed by atoms with van der Waals surface area (Å²) in [4.78, 5) is 19.5. The number of halogens is 3. The number of hydrogen-bond acceptors (Lipinski definition) is 7. The molecule has 2 heterocycles. The van der Waals surface area contributed by atoms with Gasteiger partial charge in [0, 0.05) is 12.4 Å². The van der Waals surface area contributed by atoms with Crippen molar-refractivity contribution in [1.29, 1.82) is 0 Å². The number of furan rings is 1. The monoisotopic (exact) mass is 391 g/mol. The highest BCUT2D eigenvalue weighted by atomic mass is 32.2. The average Bonchev–Trinajstić information content (AvgIpc) is 3.03. The molecule has 0 aliphatic heterocycles. The molecule has 0 bridgehead atoms. The van der Waals surface area contributed by atoms with E-state index >= 15 is 0 Å². The Kier molecular flexibility index (Phi) is 5.65. The second-order valence-electron chi connectivity index (χ2n) is 4.99. The molecule has 2 N–H and O–H groups in total. The van der Waals surface area contributed by atoms with Crippen LogP contribution in [0.5, 0.6) is 0 Å². The summed E-state index contributed by atoms with van der Waals surface area (Å²) in [6.07, 6.45) is -2.00. The molecular formula is C14H12F3N3O5S. The standard InChI is InChI=1S/C14H12F3N3O5S/c15-14(16,17)11-3-4-19-6-10(11)13(21)25-20-12(18)8-26(22,23)7-9-2-1-5-24-9/h1-6H,7-8H2,(H2,18,20). The van der Waals surface area contributed by atoms with Gasteiger partial charge in [0.15, 0.2) is 15.7 Å². The van der Waals surface area contributed by atoms with E-state index < -0.39 is 50.5 Å². The summed E-state index contributed by atoms with van der Waals surface area (Å²) in [5, 5.41) is 3.08. The van der Waals surface area contributed by atoms with Crippen LogP contribution in [0.1, 0.15) is 21.7 Å². The quantitative estimate of drug-likeness (QED) is 0.344. The number of amidine groups is 1. The van der Waals surface area contributed by atoms with E-state index in [1.165, 1.54) is 18.4 Å². The number of sulfone groups is 1. The molecule has 0 atom stereocenters. The topological polar surface area (TPSA) is 125 Å². The van der Waals surface area contributed by atoms with E-state index in [-0.39, 0.29) is 5.76 Å². The van der Waals surface area contributed by atoms with Gasteiger partial charge in [0.25, 0.3) is 0 Å². The third kappa shape index (κ3) is 5.31. The lowest BCUT2D eigenvalue weighted by molar-refractivity contribution is -0.138. The molecule has 26 heavy (non-hydrogen) atoms. The molecule has 140 valence electrons. The number of rotatable bonds is 6. The van der Waals surface area contributed by atoms with Gasteiger partial charge in [-0.05, 0) is 18.2 Å². The van der Waals surface area contributed by atoms with Gasteiger partial charge in [-0.2, -0.15) is 13.2 Å². The van der Waals surface area contributed by atoms with Gasteiger partial charge in [0.2, 0.25) is 0 Å². The van der Waals surface area contributed by atoms with Crippen LogP contribution in [-0.4, -0.2) is 31.0 Å². The summed E-state index contributed by atoms with van der Waals surface area (Å²) in [6.45, 7) is 0. The van der Waals surface area contributed by atoms with E-state index in [0.717, 1.165) is 6.20 Å². The van der Waals surface area contributed by atoms with Crippen LogP contribution < -0.4 is 5.73 Å². The molecule has 0 radical (unpaired) electrons. The second-order valence-corrected chi connectivity index (χ2v) is 7.06. The minimum absolute atomic E-state index is 0.167. The number of carbonyl (C=O) groups excluding carboxylic acids is 1. The molecule has 0 unspecified atom stereocenters. The van der Waals surface area contributed by atoms with Crippen molar-refractivity contribution in [2.24, 2.45) is 10.9 Å². The summed E-state index contributed by atoms with van der Waals surface area (Å²) < 4.78 is 67.1. The molecule has 0 amide bonds. The molecule has 12 heteroatoms. The first-order valence-corrected chi connectivity index (χ1v) is 8.68. The molecule has 0 fully saturated rings. The number of aromatic nitrogens is 1. The van der Waals surface area contributed by atoms with Crippen LogP contribution in [-0.2, 0) is 26.6 Å². The highest BCUT2D eigenvalue weighted by molar-refractivity contribution is 7.91. The molecule has 0 aromatic carbocycles. The van der Waals surface area contributed by atoms with Crippen LogP contribution in [0.4, 0.5) is 13.2 Å². The van der Waals surface area contributed by atoms with Crippen molar-refractivity contribution in [1.82, 2.24) is 4.98 Å². The number of nitrogens with two attached hydrogens (primary N) is 1. The third-order valence-corrected chi connectivity index (χ3v) is 4.36. The lowest BCUT2D eigenvalue weighted by atomic mass is 10.1. The molecule has 8 nitrogen and oxygen atoms in total. The SMILES string of the molecule is NC(CS(=O)(=O)Cc1ccco1)=NOC(=O)c1cnccc1C(F)(F)F. The Labute approximate surface area is 145 Å². The van der Waals surface area contributed by atoms with Crippen LogP contribution in [0.3, 0.4) is 0 Å². The zero-order valence-electron chi connectivity index (χ0n) is 12.9. The maximum absolute atomic E-state index is 12.8. The van der Waals surface area contributed by atoms with Gasteiger partial charge in [-0.3, -0.25) is 4.98 Å². The van der Waals surface area contributed by atoms with E-state index in [2.05, 4.69) is 15.0 Å². The summed E-state index contributed by atoms with van der Waals surface area (Å²) in [5.41, 5.74) is 3.22. The predicted molar refractivity (Wildman–Crippen MR) is 82.5 cm³/mol. The van der Waals surface area contributed by atoms with E-state index in [4.69, 9.17) is 10.2 Å². The molecule has 0 saturated heterocycles. The zero-order valence-corrected chi connectivity index (χ0v) is 13.7. The lowest BCUT2D eigenvalue weighted by Crippen LogP contribution is -2.25. The van der Waals surface area contributed by atoms with Crippen molar-refractivity contribution in [2.75, 3.05) is 5.75 Å². The van der Waals surface area contributed by atoms with Crippen LogP contribution >= 0.6 is 0 Å². The Morgan fingerprint density at radius 1 is 1.35 bits per heavy atom. The first kappa shape index (κ1) is 19.4. The normalized spacial score (nSPS) is 12.8. The van der Waals surface area contributed by atoms with Gasteiger partial charge in [-0.25, -0.2) is 13.2 Å². The summed E-state index contributed by atoms with van der Waals surface area (Å²) in [6, 6.07) is 3.53. The van der Waals surface area contributed by atoms with Crippen molar-refractivity contribution < 1.29 is 35.6 Å². The highest BCUT2D eigenvalue weighted by Gasteiger charge is 2.36. The molecule has 2 aromatic rings. The average molecular weight is 391 g/mol. The fraction of sp³-hybridized carbons (Fsp3) is 0.214. The first-order valence-electron chi connectivity index (χ1n) is 6.86. The van der Waals surface area contributed by atoms with Crippen LogP contribution in [0, 0.1) is 0 Å².